The lowest BCUT2D eigenvalue weighted by Crippen LogP contribution is -1.99. The van der Waals surface area contributed by atoms with E-state index in [1.165, 1.54) is 0 Å². The van der Waals surface area contributed by atoms with Gasteiger partial charge in [0.2, 0.25) is 0 Å². The third kappa shape index (κ3) is 3.13. The standard InChI is InChI=1S/C25H21N3O3/c1-29-18-11-7-8-16(12-18)24-20-14-23(31-3)22(30-2)13-19(20)21-15-26-28(25(21)27-24)17-9-5-4-6-10-17/h4-15H,1-3H3. The number of benzene rings is 3. The molecule has 31 heavy (non-hydrogen) atoms. The topological polar surface area (TPSA) is 58.4 Å². The summed E-state index contributed by atoms with van der Waals surface area (Å²) in [5.41, 5.74) is 3.48. The SMILES string of the molecule is COc1cccc(-c2nc3c(cnn3-c3ccccc3)c3cc(OC)c(OC)cc23)c1. The van der Waals surface area contributed by atoms with E-state index in [1.54, 1.807) is 21.3 Å². The Morgan fingerprint density at radius 1 is 0.710 bits per heavy atom. The van der Waals surface area contributed by atoms with Gasteiger partial charge in [0.25, 0.3) is 0 Å². The zero-order chi connectivity index (χ0) is 21.4. The Morgan fingerprint density at radius 3 is 2.16 bits per heavy atom. The molecule has 0 bridgehead atoms. The number of hydrogen-bond acceptors (Lipinski definition) is 5. The van der Waals surface area contributed by atoms with Gasteiger partial charge >= 0.3 is 0 Å². The molecule has 0 aliphatic heterocycles. The Balaban J connectivity index is 1.90. The molecule has 0 aliphatic rings. The van der Waals surface area contributed by atoms with Gasteiger partial charge in [0.1, 0.15) is 5.75 Å². The van der Waals surface area contributed by atoms with Gasteiger partial charge in [-0.3, -0.25) is 0 Å². The molecule has 5 aromatic rings. The van der Waals surface area contributed by atoms with Crippen LogP contribution in [0, 0.1) is 0 Å². The fraction of sp³-hybridized carbons (Fsp3) is 0.120. The lowest BCUT2D eigenvalue weighted by Gasteiger charge is -2.14. The maximum absolute atomic E-state index is 5.57. The molecule has 2 aromatic heterocycles. The van der Waals surface area contributed by atoms with Gasteiger partial charge in [-0.05, 0) is 36.4 Å². The van der Waals surface area contributed by atoms with Crippen molar-refractivity contribution >= 4 is 21.8 Å². The van der Waals surface area contributed by atoms with Crippen LogP contribution in [-0.2, 0) is 0 Å². The van der Waals surface area contributed by atoms with E-state index < -0.39 is 0 Å². The number of pyridine rings is 1. The predicted octanol–water partition coefficient (Wildman–Crippen LogP) is 5.27. The van der Waals surface area contributed by atoms with Crippen LogP contribution < -0.4 is 14.2 Å². The van der Waals surface area contributed by atoms with E-state index >= 15 is 0 Å². The molecule has 0 radical (unpaired) electrons. The summed E-state index contributed by atoms with van der Waals surface area (Å²) in [5, 5.41) is 7.51. The Kier molecular flexibility index (Phi) is 4.67. The van der Waals surface area contributed by atoms with Crippen molar-refractivity contribution < 1.29 is 14.2 Å². The average molecular weight is 411 g/mol. The van der Waals surface area contributed by atoms with E-state index in [0.29, 0.717) is 11.5 Å². The minimum Gasteiger partial charge on any atom is -0.497 e. The minimum absolute atomic E-state index is 0.649. The second-order valence-electron chi connectivity index (χ2n) is 7.07. The molecule has 0 unspecified atom stereocenters. The molecule has 0 fully saturated rings. The van der Waals surface area contributed by atoms with Crippen molar-refractivity contribution in [2.24, 2.45) is 0 Å². The Labute approximate surface area is 179 Å². The molecule has 0 aliphatic carbocycles. The number of aromatic nitrogens is 3. The number of methoxy groups -OCH3 is 3. The summed E-state index contributed by atoms with van der Waals surface area (Å²) >= 11 is 0. The highest BCUT2D eigenvalue weighted by Crippen LogP contribution is 2.40. The van der Waals surface area contributed by atoms with Gasteiger partial charge in [-0.15, -0.1) is 0 Å². The summed E-state index contributed by atoms with van der Waals surface area (Å²) in [6, 6.07) is 21.8. The number of para-hydroxylation sites is 1. The van der Waals surface area contributed by atoms with Crippen LogP contribution in [-0.4, -0.2) is 36.1 Å². The van der Waals surface area contributed by atoms with Crippen molar-refractivity contribution in [3.05, 3.63) is 72.9 Å². The van der Waals surface area contributed by atoms with Crippen LogP contribution in [0.4, 0.5) is 0 Å². The van der Waals surface area contributed by atoms with E-state index in [2.05, 4.69) is 5.10 Å². The fourth-order valence-electron chi connectivity index (χ4n) is 3.85. The maximum atomic E-state index is 5.57. The summed E-state index contributed by atoms with van der Waals surface area (Å²) in [5.74, 6) is 2.08. The number of fused-ring (bicyclic) bond motifs is 3. The predicted molar refractivity (Wildman–Crippen MR) is 121 cm³/mol. The van der Waals surface area contributed by atoms with E-state index in [0.717, 1.165) is 44.5 Å². The first kappa shape index (κ1) is 18.9. The van der Waals surface area contributed by atoms with Crippen LogP contribution in [0.3, 0.4) is 0 Å². The third-order valence-corrected chi connectivity index (χ3v) is 5.37. The first-order valence-electron chi connectivity index (χ1n) is 9.87. The Morgan fingerprint density at radius 2 is 1.45 bits per heavy atom. The minimum atomic E-state index is 0.649. The summed E-state index contributed by atoms with van der Waals surface area (Å²) in [4.78, 5) is 5.06. The molecule has 6 nitrogen and oxygen atoms in total. The van der Waals surface area contributed by atoms with Crippen LogP contribution in [0.2, 0.25) is 0 Å². The van der Waals surface area contributed by atoms with Crippen LogP contribution >= 0.6 is 0 Å². The number of rotatable bonds is 5. The molecule has 0 N–H and O–H groups in total. The van der Waals surface area contributed by atoms with Gasteiger partial charge in [0.05, 0.1) is 38.9 Å². The molecule has 0 atom stereocenters. The normalized spacial score (nSPS) is 11.1. The number of nitrogens with zero attached hydrogens (tertiary/aromatic N) is 3. The van der Waals surface area contributed by atoms with Crippen molar-refractivity contribution in [1.29, 1.82) is 0 Å². The van der Waals surface area contributed by atoms with Crippen molar-refractivity contribution in [3.8, 4) is 34.2 Å². The third-order valence-electron chi connectivity index (χ3n) is 5.37. The van der Waals surface area contributed by atoms with Crippen LogP contribution in [0.25, 0.3) is 38.8 Å². The second-order valence-corrected chi connectivity index (χ2v) is 7.07. The quantitative estimate of drug-likeness (QED) is 0.394. The molecular formula is C25H21N3O3. The smallest absolute Gasteiger partial charge is 0.164 e. The van der Waals surface area contributed by atoms with Gasteiger partial charge in [-0.1, -0.05) is 30.3 Å². The van der Waals surface area contributed by atoms with E-state index in [4.69, 9.17) is 19.2 Å². The van der Waals surface area contributed by atoms with Crippen molar-refractivity contribution in [2.75, 3.05) is 21.3 Å². The highest BCUT2D eigenvalue weighted by molar-refractivity contribution is 6.11. The Bertz CT molecular complexity index is 1390. The second kappa shape index (κ2) is 7.65. The van der Waals surface area contributed by atoms with Crippen molar-refractivity contribution in [1.82, 2.24) is 14.8 Å². The summed E-state index contributed by atoms with van der Waals surface area (Å²) in [6.45, 7) is 0. The fourth-order valence-corrected chi connectivity index (χ4v) is 3.85. The van der Waals surface area contributed by atoms with Crippen molar-refractivity contribution in [3.63, 3.8) is 0 Å². The van der Waals surface area contributed by atoms with Crippen LogP contribution in [0.1, 0.15) is 0 Å². The van der Waals surface area contributed by atoms with E-state index in [-0.39, 0.29) is 0 Å². The molecule has 2 heterocycles. The van der Waals surface area contributed by atoms with Crippen LogP contribution in [0.5, 0.6) is 17.2 Å². The van der Waals surface area contributed by atoms with Gasteiger partial charge in [-0.2, -0.15) is 5.10 Å². The molecule has 3 aromatic carbocycles. The van der Waals surface area contributed by atoms with Crippen molar-refractivity contribution in [2.45, 2.75) is 0 Å². The average Bonchev–Trinajstić information content (AvgIpc) is 3.27. The number of ether oxygens (including phenoxy) is 3. The summed E-state index contributed by atoms with van der Waals surface area (Å²) in [7, 11) is 4.93. The molecule has 6 heteroatoms. The lowest BCUT2D eigenvalue weighted by molar-refractivity contribution is 0.356. The summed E-state index contributed by atoms with van der Waals surface area (Å²) < 4.78 is 18.4. The van der Waals surface area contributed by atoms with Gasteiger partial charge < -0.3 is 14.2 Å². The van der Waals surface area contributed by atoms with Gasteiger partial charge in [0, 0.05) is 21.7 Å². The highest BCUT2D eigenvalue weighted by Gasteiger charge is 2.18. The van der Waals surface area contributed by atoms with Crippen LogP contribution in [0.15, 0.2) is 72.9 Å². The highest BCUT2D eigenvalue weighted by atomic mass is 16.5. The molecule has 154 valence electrons. The molecule has 5 rings (SSSR count). The molecule has 0 saturated carbocycles. The largest absolute Gasteiger partial charge is 0.497 e. The summed E-state index contributed by atoms with van der Waals surface area (Å²) in [6.07, 6.45) is 1.85. The first-order valence-corrected chi connectivity index (χ1v) is 9.87. The molecule has 0 spiro atoms. The molecule has 0 saturated heterocycles. The number of hydrogen-bond donors (Lipinski definition) is 0. The van der Waals surface area contributed by atoms with E-state index in [1.807, 2.05) is 77.6 Å². The zero-order valence-electron chi connectivity index (χ0n) is 17.5. The van der Waals surface area contributed by atoms with Gasteiger partial charge in [-0.25, -0.2) is 9.67 Å². The van der Waals surface area contributed by atoms with Gasteiger partial charge in [0.15, 0.2) is 17.1 Å². The first-order chi connectivity index (χ1) is 15.2. The molecular weight excluding hydrogens is 390 g/mol. The lowest BCUT2D eigenvalue weighted by atomic mass is 10.0. The van der Waals surface area contributed by atoms with E-state index in [9.17, 15) is 0 Å². The molecule has 0 amide bonds. The Hall–Kier alpha value is -4.06. The maximum Gasteiger partial charge on any atom is 0.164 e. The monoisotopic (exact) mass is 411 g/mol. The zero-order valence-corrected chi connectivity index (χ0v) is 17.5.